The Balaban J connectivity index is 4.30. The minimum atomic E-state index is -4.43. The predicted octanol–water partition coefficient (Wildman–Crippen LogP) is 1.12. The van der Waals surface area contributed by atoms with Crippen LogP contribution in [0.2, 0.25) is 0 Å². The molecule has 0 aromatic heterocycles. The Kier molecular flexibility index (Phi) is 4.20. The molecule has 2 N–H and O–H groups in total. The average Bonchev–Trinajstić information content (AvgIpc) is 1.96. The number of hydrogen-bond donors (Lipinski definition) is 1. The van der Waals surface area contributed by atoms with Gasteiger partial charge in [0.25, 0.3) is 0 Å². The zero-order chi connectivity index (χ0) is 9.61. The van der Waals surface area contributed by atoms with Crippen LogP contribution in [0.3, 0.4) is 0 Å². The summed E-state index contributed by atoms with van der Waals surface area (Å²) in [5, 5.41) is 0. The second-order valence-electron chi connectivity index (χ2n) is 1.73. The van der Waals surface area contributed by atoms with Gasteiger partial charge in [-0.2, -0.15) is 13.2 Å². The lowest BCUT2D eigenvalue weighted by atomic mass is 10.6. The van der Waals surface area contributed by atoms with Crippen LogP contribution < -0.4 is 5.73 Å². The smallest absolute Gasteiger partial charge is 0.324 e. The Bertz CT molecular complexity index is 205. The summed E-state index contributed by atoms with van der Waals surface area (Å²) in [5.74, 6) is -0.109. The number of halogens is 3. The molecule has 0 radical (unpaired) electrons. The molecule has 68 valence electrons. The second-order valence-corrected chi connectivity index (χ2v) is 1.73. The van der Waals surface area contributed by atoms with Crippen molar-refractivity contribution in [2.45, 2.75) is 6.18 Å². The van der Waals surface area contributed by atoms with E-state index in [0.29, 0.717) is 0 Å². The fraction of sp³-hybridized carbons (Fsp3) is 0.333. The normalized spacial score (nSPS) is 13.8. The first-order valence-corrected chi connectivity index (χ1v) is 2.99. The van der Waals surface area contributed by atoms with Gasteiger partial charge in [0, 0.05) is 6.20 Å². The minimum absolute atomic E-state index is 0.109. The molecule has 6 heteroatoms. The van der Waals surface area contributed by atoms with E-state index in [2.05, 4.69) is 16.6 Å². The predicted molar refractivity (Wildman–Crippen MR) is 41.2 cm³/mol. The molecule has 0 unspecified atom stereocenters. The van der Waals surface area contributed by atoms with Gasteiger partial charge in [-0.05, 0) is 0 Å². The van der Waals surface area contributed by atoms with Gasteiger partial charge in [0.15, 0.2) is 0 Å². The molecule has 3 nitrogen and oxygen atoms in total. The molecule has 0 saturated heterocycles. The van der Waals surface area contributed by atoms with Gasteiger partial charge in [-0.1, -0.05) is 6.58 Å². The topological polar surface area (TPSA) is 50.7 Å². The van der Waals surface area contributed by atoms with Crippen LogP contribution in [0.15, 0.2) is 22.8 Å². The van der Waals surface area contributed by atoms with Crippen LogP contribution in [0.1, 0.15) is 0 Å². The fourth-order valence-corrected chi connectivity index (χ4v) is 0.392. The third kappa shape index (κ3) is 5.60. The molecule has 0 fully saturated rings. The second kappa shape index (κ2) is 4.66. The molecule has 0 heterocycles. The molecular formula is C6H8F3N3. The maximum Gasteiger partial charge on any atom is 0.426 e. The molecule has 12 heavy (non-hydrogen) atoms. The van der Waals surface area contributed by atoms with Crippen molar-refractivity contribution in [1.29, 1.82) is 0 Å². The molecule has 0 aliphatic rings. The van der Waals surface area contributed by atoms with Crippen LogP contribution in [-0.4, -0.2) is 24.8 Å². The maximum absolute atomic E-state index is 11.5. The van der Waals surface area contributed by atoms with Crippen LogP contribution >= 0.6 is 0 Å². The molecular weight excluding hydrogens is 171 g/mol. The zero-order valence-electron chi connectivity index (χ0n) is 6.17. The van der Waals surface area contributed by atoms with Crippen LogP contribution in [-0.2, 0) is 0 Å². The number of nitrogens with two attached hydrogens (primary N) is 1. The highest BCUT2D eigenvalue weighted by molar-refractivity contribution is 5.92. The average molecular weight is 179 g/mol. The lowest BCUT2D eigenvalue weighted by Gasteiger charge is -1.97. The lowest BCUT2D eigenvalue weighted by molar-refractivity contribution is -0.0534. The molecule has 0 spiro atoms. The van der Waals surface area contributed by atoms with Crippen LogP contribution in [0.5, 0.6) is 0 Å². The number of aliphatic imine (C=N–C) groups is 2. The Hall–Kier alpha value is -1.17. The maximum atomic E-state index is 11.5. The van der Waals surface area contributed by atoms with E-state index in [4.69, 9.17) is 5.73 Å². The van der Waals surface area contributed by atoms with E-state index in [1.54, 1.807) is 0 Å². The van der Waals surface area contributed by atoms with Crippen molar-refractivity contribution in [2.24, 2.45) is 15.7 Å². The number of hydrogen-bond acceptors (Lipinski definition) is 2. The molecule has 0 aliphatic carbocycles. The molecule has 0 atom stereocenters. The van der Waals surface area contributed by atoms with E-state index in [0.717, 1.165) is 6.20 Å². The fourth-order valence-electron chi connectivity index (χ4n) is 0.392. The van der Waals surface area contributed by atoms with E-state index >= 15 is 0 Å². The van der Waals surface area contributed by atoms with Gasteiger partial charge in [0.1, 0.15) is 12.1 Å². The molecule has 0 bridgehead atoms. The highest BCUT2D eigenvalue weighted by atomic mass is 19.4. The summed E-state index contributed by atoms with van der Waals surface area (Å²) in [6.07, 6.45) is -3.52. The lowest BCUT2D eigenvalue weighted by Crippen LogP contribution is -2.15. The first-order chi connectivity index (χ1) is 5.49. The number of amidine groups is 1. The van der Waals surface area contributed by atoms with Gasteiger partial charge in [0.05, 0.1) is 6.54 Å². The van der Waals surface area contributed by atoms with Gasteiger partial charge in [-0.25, -0.2) is 9.98 Å². The monoisotopic (exact) mass is 179 g/mol. The van der Waals surface area contributed by atoms with Crippen molar-refractivity contribution in [1.82, 2.24) is 0 Å². The van der Waals surface area contributed by atoms with Gasteiger partial charge >= 0.3 is 6.18 Å². The minimum Gasteiger partial charge on any atom is -0.324 e. The van der Waals surface area contributed by atoms with Crippen LogP contribution in [0, 0.1) is 0 Å². The molecule has 0 aromatic rings. The van der Waals surface area contributed by atoms with E-state index < -0.39 is 6.18 Å². The molecule has 0 amide bonds. The van der Waals surface area contributed by atoms with Gasteiger partial charge in [-0.15, -0.1) is 0 Å². The molecule has 0 aromatic carbocycles. The highest BCUT2D eigenvalue weighted by Crippen LogP contribution is 2.10. The zero-order valence-corrected chi connectivity index (χ0v) is 6.17. The summed E-state index contributed by atoms with van der Waals surface area (Å²) in [4.78, 5) is 6.41. The Morgan fingerprint density at radius 1 is 1.50 bits per heavy atom. The third-order valence-electron chi connectivity index (χ3n) is 0.783. The molecule has 0 saturated carbocycles. The highest BCUT2D eigenvalue weighted by Gasteiger charge is 2.23. The summed E-state index contributed by atoms with van der Waals surface area (Å²) < 4.78 is 34.6. The van der Waals surface area contributed by atoms with Crippen molar-refractivity contribution >= 4 is 12.1 Å². The van der Waals surface area contributed by atoms with E-state index in [9.17, 15) is 13.2 Å². The van der Waals surface area contributed by atoms with Gasteiger partial charge < -0.3 is 5.73 Å². The van der Waals surface area contributed by atoms with Crippen molar-refractivity contribution in [3.05, 3.63) is 12.8 Å². The Labute approximate surface area is 67.5 Å². The van der Waals surface area contributed by atoms with Gasteiger partial charge in [0.2, 0.25) is 0 Å². The van der Waals surface area contributed by atoms with E-state index in [1.165, 1.54) is 0 Å². The quantitative estimate of drug-likeness (QED) is 0.501. The summed E-state index contributed by atoms with van der Waals surface area (Å²) in [5.41, 5.74) is 5.03. The first kappa shape index (κ1) is 10.8. The molecule has 0 aliphatic heterocycles. The number of alkyl halides is 3. The summed E-state index contributed by atoms with van der Waals surface area (Å²) in [6, 6.07) is 0. The van der Waals surface area contributed by atoms with Crippen molar-refractivity contribution in [2.75, 3.05) is 6.54 Å². The first-order valence-electron chi connectivity index (χ1n) is 2.99. The van der Waals surface area contributed by atoms with E-state index in [-0.39, 0.29) is 18.6 Å². The Morgan fingerprint density at radius 3 is 2.42 bits per heavy atom. The summed E-state index contributed by atoms with van der Waals surface area (Å²) in [7, 11) is 0. The van der Waals surface area contributed by atoms with Crippen molar-refractivity contribution in [3.63, 3.8) is 0 Å². The summed E-state index contributed by atoms with van der Waals surface area (Å²) >= 11 is 0. The largest absolute Gasteiger partial charge is 0.426 e. The van der Waals surface area contributed by atoms with Crippen LogP contribution in [0.4, 0.5) is 13.2 Å². The van der Waals surface area contributed by atoms with E-state index in [1.807, 2.05) is 0 Å². The Morgan fingerprint density at radius 2 is 2.08 bits per heavy atom. The van der Waals surface area contributed by atoms with Crippen molar-refractivity contribution < 1.29 is 13.2 Å². The SMILES string of the molecule is C=CN=C(CN)N=CC(F)(F)F. The number of nitrogens with zero attached hydrogens (tertiary/aromatic N) is 2. The third-order valence-corrected chi connectivity index (χ3v) is 0.783. The molecule has 0 rings (SSSR count). The van der Waals surface area contributed by atoms with Crippen molar-refractivity contribution in [3.8, 4) is 0 Å². The van der Waals surface area contributed by atoms with Crippen LogP contribution in [0.25, 0.3) is 0 Å². The summed E-state index contributed by atoms with van der Waals surface area (Å²) in [6.45, 7) is 3.04. The van der Waals surface area contributed by atoms with Gasteiger partial charge in [-0.3, -0.25) is 0 Å². The number of rotatable bonds is 2. The standard InChI is InChI=1S/C6H8F3N3/c1-2-11-5(3-10)12-4-6(7,8)9/h2,4H,1,3,10H2.